The van der Waals surface area contributed by atoms with Gasteiger partial charge in [-0.25, -0.2) is 0 Å². The number of methoxy groups -OCH3 is 1. The van der Waals surface area contributed by atoms with Crippen LogP contribution in [0, 0.1) is 0 Å². The normalized spacial score (nSPS) is 17.6. The number of amides is 1. The average Bonchev–Trinajstić information content (AvgIpc) is 3.25. The third-order valence-electron chi connectivity index (χ3n) is 4.67. The lowest BCUT2D eigenvalue weighted by atomic mass is 10.1. The van der Waals surface area contributed by atoms with E-state index >= 15 is 0 Å². The molecule has 1 saturated heterocycles. The van der Waals surface area contributed by atoms with Crippen LogP contribution in [-0.4, -0.2) is 48.7 Å². The van der Waals surface area contributed by atoms with Crippen molar-refractivity contribution in [2.24, 2.45) is 0 Å². The Hall–Kier alpha value is -2.05. The Kier molecular flexibility index (Phi) is 5.60. The summed E-state index contributed by atoms with van der Waals surface area (Å²) in [5, 5.41) is 12.7. The number of benzene rings is 1. The van der Waals surface area contributed by atoms with Crippen LogP contribution in [0.25, 0.3) is 10.4 Å². The van der Waals surface area contributed by atoms with Crippen LogP contribution in [0.5, 0.6) is 11.5 Å². The Balaban J connectivity index is 1.59. The fourth-order valence-electron chi connectivity index (χ4n) is 3.17. The van der Waals surface area contributed by atoms with E-state index in [1.54, 1.807) is 12.1 Å². The third-order valence-corrected chi connectivity index (χ3v) is 5.80. The lowest BCUT2D eigenvalue weighted by molar-refractivity contribution is 0.0951. The predicted molar refractivity (Wildman–Crippen MR) is 101 cm³/mol. The second-order valence-electron chi connectivity index (χ2n) is 6.33. The van der Waals surface area contributed by atoms with Crippen molar-refractivity contribution >= 4 is 17.2 Å². The van der Waals surface area contributed by atoms with Crippen LogP contribution in [0.1, 0.15) is 29.4 Å². The smallest absolute Gasteiger partial charge is 0.261 e. The fraction of sp³-hybridized carbons (Fsp3) is 0.421. The number of phenolic OH excluding ortho intramolecular Hbond substituents is 1. The minimum Gasteiger partial charge on any atom is -0.504 e. The van der Waals surface area contributed by atoms with E-state index in [0.717, 1.165) is 23.5 Å². The van der Waals surface area contributed by atoms with Crippen molar-refractivity contribution < 1.29 is 14.6 Å². The zero-order valence-corrected chi connectivity index (χ0v) is 15.4. The highest BCUT2D eigenvalue weighted by Crippen LogP contribution is 2.34. The summed E-state index contributed by atoms with van der Waals surface area (Å²) >= 11 is 1.44. The molecule has 1 unspecified atom stereocenters. The maximum atomic E-state index is 12.3. The molecule has 1 aliphatic heterocycles. The fourth-order valence-corrected chi connectivity index (χ4v) is 4.09. The van der Waals surface area contributed by atoms with Gasteiger partial charge in [-0.2, -0.15) is 0 Å². The van der Waals surface area contributed by atoms with E-state index in [9.17, 15) is 9.90 Å². The van der Waals surface area contributed by atoms with E-state index in [1.807, 2.05) is 18.2 Å². The van der Waals surface area contributed by atoms with Gasteiger partial charge < -0.3 is 15.2 Å². The number of aromatic hydroxyl groups is 1. The Morgan fingerprint density at radius 1 is 1.40 bits per heavy atom. The molecule has 0 spiro atoms. The first-order chi connectivity index (χ1) is 12.1. The number of phenols is 1. The highest BCUT2D eigenvalue weighted by atomic mass is 32.1. The molecule has 1 aromatic carbocycles. The van der Waals surface area contributed by atoms with Crippen molar-refractivity contribution in [3.63, 3.8) is 0 Å². The van der Waals surface area contributed by atoms with E-state index in [2.05, 4.69) is 17.1 Å². The van der Waals surface area contributed by atoms with Gasteiger partial charge in [-0.3, -0.25) is 9.69 Å². The Labute approximate surface area is 152 Å². The predicted octanol–water partition coefficient (Wildman–Crippen LogP) is 3.34. The highest BCUT2D eigenvalue weighted by molar-refractivity contribution is 7.17. The third kappa shape index (κ3) is 4.14. The maximum absolute atomic E-state index is 12.3. The summed E-state index contributed by atoms with van der Waals surface area (Å²) in [7, 11) is 1.52. The van der Waals surface area contributed by atoms with Crippen LogP contribution >= 0.6 is 11.3 Å². The van der Waals surface area contributed by atoms with Crippen LogP contribution in [0.2, 0.25) is 0 Å². The largest absolute Gasteiger partial charge is 0.504 e. The monoisotopic (exact) mass is 360 g/mol. The Bertz CT molecular complexity index is 744. The summed E-state index contributed by atoms with van der Waals surface area (Å²) in [5.74, 6) is 0.502. The lowest BCUT2D eigenvalue weighted by Gasteiger charge is -2.20. The molecule has 2 heterocycles. The molecule has 134 valence electrons. The zero-order chi connectivity index (χ0) is 17.8. The van der Waals surface area contributed by atoms with Gasteiger partial charge in [0.2, 0.25) is 0 Å². The summed E-state index contributed by atoms with van der Waals surface area (Å²) in [6, 6.07) is 9.58. The van der Waals surface area contributed by atoms with Crippen molar-refractivity contribution in [2.45, 2.75) is 25.8 Å². The van der Waals surface area contributed by atoms with Crippen LogP contribution < -0.4 is 10.1 Å². The summed E-state index contributed by atoms with van der Waals surface area (Å²) in [4.78, 5) is 16.4. The van der Waals surface area contributed by atoms with Gasteiger partial charge in [-0.05, 0) is 62.2 Å². The molecule has 0 aliphatic carbocycles. The van der Waals surface area contributed by atoms with Crippen LogP contribution in [0.15, 0.2) is 30.3 Å². The van der Waals surface area contributed by atoms with Crippen molar-refractivity contribution in [2.75, 3.05) is 26.7 Å². The van der Waals surface area contributed by atoms with Crippen molar-refractivity contribution in [3.05, 3.63) is 35.2 Å². The molecule has 5 nitrogen and oxygen atoms in total. The Morgan fingerprint density at radius 3 is 2.96 bits per heavy atom. The molecule has 2 aromatic rings. The van der Waals surface area contributed by atoms with E-state index < -0.39 is 0 Å². The molecule has 3 rings (SSSR count). The molecular formula is C19H24N2O3S. The molecule has 6 heteroatoms. The number of likely N-dealkylation sites (tertiary alicyclic amines) is 1. The minimum absolute atomic E-state index is 0.0335. The summed E-state index contributed by atoms with van der Waals surface area (Å²) in [6.07, 6.45) is 2.50. The zero-order valence-electron chi connectivity index (χ0n) is 14.6. The van der Waals surface area contributed by atoms with E-state index in [1.165, 1.54) is 31.3 Å². The number of rotatable bonds is 6. The minimum atomic E-state index is -0.0335. The van der Waals surface area contributed by atoms with Gasteiger partial charge in [-0.15, -0.1) is 11.3 Å². The standard InChI is InChI=1S/C19H24N2O3S/c1-13-4-3-10-21(13)11-9-20-19(23)18-8-7-17(25-18)14-5-6-15(22)16(12-14)24-2/h5-8,12-13,22H,3-4,9-11H2,1-2H3,(H,20,23). The number of ether oxygens (including phenoxy) is 1. The molecule has 1 aromatic heterocycles. The molecule has 0 saturated carbocycles. The van der Waals surface area contributed by atoms with Crippen LogP contribution in [-0.2, 0) is 0 Å². The second kappa shape index (κ2) is 7.89. The first-order valence-electron chi connectivity index (χ1n) is 8.58. The van der Waals surface area contributed by atoms with Gasteiger partial charge in [0, 0.05) is 24.0 Å². The van der Waals surface area contributed by atoms with Crippen LogP contribution in [0.4, 0.5) is 0 Å². The average molecular weight is 360 g/mol. The van der Waals surface area contributed by atoms with Crippen molar-refractivity contribution in [1.29, 1.82) is 0 Å². The summed E-state index contributed by atoms with van der Waals surface area (Å²) in [5.41, 5.74) is 0.921. The summed E-state index contributed by atoms with van der Waals surface area (Å²) in [6.45, 7) is 4.94. The van der Waals surface area contributed by atoms with Crippen LogP contribution in [0.3, 0.4) is 0 Å². The molecule has 1 atom stereocenters. The van der Waals surface area contributed by atoms with E-state index in [0.29, 0.717) is 23.2 Å². The molecule has 2 N–H and O–H groups in total. The number of carbonyl (C=O) groups excluding carboxylic acids is 1. The topological polar surface area (TPSA) is 61.8 Å². The number of carbonyl (C=O) groups is 1. The number of nitrogens with zero attached hydrogens (tertiary/aromatic N) is 1. The van der Waals surface area contributed by atoms with Gasteiger partial charge in [-0.1, -0.05) is 0 Å². The lowest BCUT2D eigenvalue weighted by Crippen LogP contribution is -2.36. The van der Waals surface area contributed by atoms with Crippen molar-refractivity contribution in [1.82, 2.24) is 10.2 Å². The van der Waals surface area contributed by atoms with Gasteiger partial charge in [0.15, 0.2) is 11.5 Å². The molecule has 1 aliphatic rings. The maximum Gasteiger partial charge on any atom is 0.261 e. The number of hydrogen-bond acceptors (Lipinski definition) is 5. The molecule has 0 bridgehead atoms. The van der Waals surface area contributed by atoms with Crippen molar-refractivity contribution in [3.8, 4) is 21.9 Å². The number of hydrogen-bond donors (Lipinski definition) is 2. The Morgan fingerprint density at radius 2 is 2.24 bits per heavy atom. The quantitative estimate of drug-likeness (QED) is 0.829. The number of thiophene rings is 1. The SMILES string of the molecule is COc1cc(-c2ccc(C(=O)NCCN3CCCC3C)s2)ccc1O. The first kappa shape index (κ1) is 17.8. The highest BCUT2D eigenvalue weighted by Gasteiger charge is 2.19. The first-order valence-corrected chi connectivity index (χ1v) is 9.39. The molecule has 25 heavy (non-hydrogen) atoms. The van der Waals surface area contributed by atoms with Gasteiger partial charge >= 0.3 is 0 Å². The molecular weight excluding hydrogens is 336 g/mol. The van der Waals surface area contributed by atoms with Gasteiger partial charge in [0.1, 0.15) is 0 Å². The van der Waals surface area contributed by atoms with Gasteiger partial charge in [0.25, 0.3) is 5.91 Å². The second-order valence-corrected chi connectivity index (χ2v) is 7.42. The number of nitrogens with one attached hydrogen (secondary N) is 1. The molecule has 1 amide bonds. The molecule has 0 radical (unpaired) electrons. The van der Waals surface area contributed by atoms with Gasteiger partial charge in [0.05, 0.1) is 12.0 Å². The molecule has 1 fully saturated rings. The summed E-state index contributed by atoms with van der Waals surface area (Å²) < 4.78 is 5.14. The van der Waals surface area contributed by atoms with E-state index in [4.69, 9.17) is 4.74 Å². The van der Waals surface area contributed by atoms with E-state index in [-0.39, 0.29) is 11.7 Å².